The lowest BCUT2D eigenvalue weighted by atomic mass is 9.76. The summed E-state index contributed by atoms with van der Waals surface area (Å²) in [5.74, 6) is -2.57. The van der Waals surface area contributed by atoms with E-state index in [1.165, 1.54) is 13.8 Å². The first-order chi connectivity index (χ1) is 14.6. The van der Waals surface area contributed by atoms with E-state index < -0.39 is 60.6 Å². The van der Waals surface area contributed by atoms with Crippen LogP contribution in [-0.2, 0) is 43.2 Å². The summed E-state index contributed by atoms with van der Waals surface area (Å²) in [7, 11) is -7.69. The lowest BCUT2D eigenvalue weighted by molar-refractivity contribution is -0.150. The molecule has 188 valence electrons. The zero-order valence-electron chi connectivity index (χ0n) is 19.2. The largest absolute Gasteiger partial charge is 0.465 e. The van der Waals surface area contributed by atoms with E-state index in [0.29, 0.717) is 12.8 Å². The van der Waals surface area contributed by atoms with Gasteiger partial charge < -0.3 is 20.9 Å². The van der Waals surface area contributed by atoms with Gasteiger partial charge in [0.1, 0.15) is 11.1 Å². The van der Waals surface area contributed by atoms with Crippen LogP contribution in [0.25, 0.3) is 0 Å². The Labute approximate surface area is 190 Å². The first-order valence-electron chi connectivity index (χ1n) is 10.6. The summed E-state index contributed by atoms with van der Waals surface area (Å²) in [6, 6.07) is 0. The molecule has 1 rings (SSSR count). The molecule has 0 amide bonds. The van der Waals surface area contributed by atoms with Crippen LogP contribution < -0.4 is 11.5 Å². The second kappa shape index (κ2) is 11.2. The fourth-order valence-corrected chi connectivity index (χ4v) is 6.77. The van der Waals surface area contributed by atoms with E-state index in [2.05, 4.69) is 0 Å². The summed E-state index contributed by atoms with van der Waals surface area (Å²) in [5, 5.41) is -0.681. The third kappa shape index (κ3) is 8.25. The molecular weight excluding hydrogens is 464 g/mol. The maximum Gasteiger partial charge on any atom is 0.328 e. The van der Waals surface area contributed by atoms with Gasteiger partial charge in [-0.05, 0) is 59.3 Å². The maximum atomic E-state index is 12.7. The molecule has 0 heterocycles. The number of carbonyl (C=O) groups excluding carboxylic acids is 2. The van der Waals surface area contributed by atoms with Gasteiger partial charge >= 0.3 is 11.9 Å². The Morgan fingerprint density at radius 3 is 1.91 bits per heavy atom. The van der Waals surface area contributed by atoms with Crippen molar-refractivity contribution in [1.82, 2.24) is 0 Å². The predicted octanol–water partition coefficient (Wildman–Crippen LogP) is -0.133. The van der Waals surface area contributed by atoms with Crippen molar-refractivity contribution >= 4 is 31.9 Å². The minimum atomic E-state index is -4.09. The van der Waals surface area contributed by atoms with E-state index in [0.717, 1.165) is 0 Å². The van der Waals surface area contributed by atoms with Gasteiger partial charge in [-0.15, -0.1) is 0 Å². The summed E-state index contributed by atoms with van der Waals surface area (Å²) >= 11 is 0. The molecule has 1 aliphatic rings. The number of rotatable bonds is 14. The van der Waals surface area contributed by atoms with Crippen LogP contribution in [-0.4, -0.2) is 76.4 Å². The van der Waals surface area contributed by atoms with Gasteiger partial charge in [-0.2, -0.15) is 8.42 Å². The SMILES string of the molecule is CCOC(=O)C(C)(N)COS(=O)(=O)CCCS(=O)(=O)C1CCC1CC(C)(N)C(=O)OCC. The Morgan fingerprint density at radius 1 is 0.906 bits per heavy atom. The van der Waals surface area contributed by atoms with E-state index in [4.69, 9.17) is 25.1 Å². The molecule has 1 fully saturated rings. The molecule has 13 heteroatoms. The molecule has 1 aliphatic carbocycles. The summed E-state index contributed by atoms with van der Waals surface area (Å²) in [6.45, 7) is 5.69. The monoisotopic (exact) mass is 500 g/mol. The molecule has 0 spiro atoms. The highest BCUT2D eigenvalue weighted by Crippen LogP contribution is 2.39. The number of sulfone groups is 1. The molecule has 4 N–H and O–H groups in total. The van der Waals surface area contributed by atoms with E-state index in [1.807, 2.05) is 0 Å². The highest BCUT2D eigenvalue weighted by Gasteiger charge is 2.45. The smallest absolute Gasteiger partial charge is 0.328 e. The molecule has 32 heavy (non-hydrogen) atoms. The fraction of sp³-hybridized carbons (Fsp3) is 0.895. The molecule has 4 unspecified atom stereocenters. The highest BCUT2D eigenvalue weighted by molar-refractivity contribution is 7.92. The number of nitrogens with two attached hydrogens (primary N) is 2. The van der Waals surface area contributed by atoms with Gasteiger partial charge in [0, 0.05) is 0 Å². The number of esters is 2. The van der Waals surface area contributed by atoms with E-state index >= 15 is 0 Å². The molecular formula is C19H36N2O9S2. The molecule has 0 saturated heterocycles. The van der Waals surface area contributed by atoms with Gasteiger partial charge in [0.05, 0.1) is 36.6 Å². The Morgan fingerprint density at radius 2 is 1.44 bits per heavy atom. The molecule has 0 aromatic carbocycles. The van der Waals surface area contributed by atoms with Gasteiger partial charge in [0.2, 0.25) is 0 Å². The molecule has 0 aliphatic heterocycles. The average Bonchev–Trinajstić information content (AvgIpc) is 2.63. The van der Waals surface area contributed by atoms with E-state index in [9.17, 15) is 26.4 Å². The van der Waals surface area contributed by atoms with Gasteiger partial charge in [-0.25, -0.2) is 13.2 Å². The van der Waals surface area contributed by atoms with Crippen molar-refractivity contribution in [2.45, 2.75) is 69.7 Å². The fourth-order valence-electron chi connectivity index (χ4n) is 3.38. The van der Waals surface area contributed by atoms with Crippen LogP contribution in [0.2, 0.25) is 0 Å². The van der Waals surface area contributed by atoms with Crippen LogP contribution in [0.15, 0.2) is 0 Å². The van der Waals surface area contributed by atoms with Crippen molar-refractivity contribution in [3.63, 3.8) is 0 Å². The Hall–Kier alpha value is -1.28. The number of ether oxygens (including phenoxy) is 2. The average molecular weight is 501 g/mol. The number of carbonyl (C=O) groups is 2. The first-order valence-corrected chi connectivity index (χ1v) is 13.9. The second-order valence-corrected chi connectivity index (χ2v) is 12.7. The van der Waals surface area contributed by atoms with Crippen molar-refractivity contribution in [3.8, 4) is 0 Å². The Bertz CT molecular complexity index is 867. The van der Waals surface area contributed by atoms with Crippen molar-refractivity contribution in [3.05, 3.63) is 0 Å². The van der Waals surface area contributed by atoms with Gasteiger partial charge in [-0.3, -0.25) is 8.98 Å². The van der Waals surface area contributed by atoms with Crippen molar-refractivity contribution in [2.75, 3.05) is 31.3 Å². The summed E-state index contributed by atoms with van der Waals surface area (Å²) < 4.78 is 64.1. The standard InChI is InChI=1S/C19H36N2O9S2/c1-5-28-16(22)18(3,20)12-14-8-9-15(14)31(24,25)10-7-11-32(26,27)30-13-19(4,21)17(23)29-6-2/h14-15H,5-13,20-21H2,1-4H3. The zero-order valence-corrected chi connectivity index (χ0v) is 20.8. The van der Waals surface area contributed by atoms with Crippen molar-refractivity contribution in [2.24, 2.45) is 17.4 Å². The van der Waals surface area contributed by atoms with E-state index in [-0.39, 0.29) is 37.7 Å². The van der Waals surface area contributed by atoms with Crippen LogP contribution in [0.1, 0.15) is 53.4 Å². The second-order valence-electron chi connectivity index (χ2n) is 8.60. The van der Waals surface area contributed by atoms with Crippen LogP contribution in [0.4, 0.5) is 0 Å². The first kappa shape index (κ1) is 28.8. The molecule has 0 bridgehead atoms. The lowest BCUT2D eigenvalue weighted by Gasteiger charge is -2.39. The van der Waals surface area contributed by atoms with Gasteiger partial charge in [0.25, 0.3) is 10.1 Å². The lowest BCUT2D eigenvalue weighted by Crippen LogP contribution is -2.52. The highest BCUT2D eigenvalue weighted by atomic mass is 32.2. The van der Waals surface area contributed by atoms with Crippen molar-refractivity contribution < 1.29 is 40.1 Å². The minimum Gasteiger partial charge on any atom is -0.465 e. The molecule has 0 radical (unpaired) electrons. The molecule has 4 atom stereocenters. The maximum absolute atomic E-state index is 12.7. The third-order valence-electron chi connectivity index (χ3n) is 5.34. The normalized spacial score (nSPS) is 22.8. The Balaban J connectivity index is 2.59. The predicted molar refractivity (Wildman–Crippen MR) is 118 cm³/mol. The van der Waals surface area contributed by atoms with Crippen LogP contribution in [0.5, 0.6) is 0 Å². The third-order valence-corrected chi connectivity index (χ3v) is 9.01. The van der Waals surface area contributed by atoms with Gasteiger partial charge in [0.15, 0.2) is 9.84 Å². The molecule has 0 aromatic heterocycles. The van der Waals surface area contributed by atoms with Crippen LogP contribution >= 0.6 is 0 Å². The summed E-state index contributed by atoms with van der Waals surface area (Å²) in [4.78, 5) is 23.7. The van der Waals surface area contributed by atoms with Crippen LogP contribution in [0, 0.1) is 5.92 Å². The number of hydrogen-bond donors (Lipinski definition) is 2. The van der Waals surface area contributed by atoms with Crippen molar-refractivity contribution in [1.29, 1.82) is 0 Å². The summed E-state index contributed by atoms with van der Waals surface area (Å²) in [6.07, 6.45) is 1.03. The number of hydrogen-bond acceptors (Lipinski definition) is 11. The quantitative estimate of drug-likeness (QED) is 0.239. The summed E-state index contributed by atoms with van der Waals surface area (Å²) in [5.41, 5.74) is 8.80. The minimum absolute atomic E-state index is 0.0848. The Kier molecular flexibility index (Phi) is 10.1. The molecule has 1 saturated carbocycles. The van der Waals surface area contributed by atoms with E-state index in [1.54, 1.807) is 13.8 Å². The molecule has 0 aromatic rings. The zero-order chi connectivity index (χ0) is 24.8. The van der Waals surface area contributed by atoms with Gasteiger partial charge in [-0.1, -0.05) is 0 Å². The molecule has 11 nitrogen and oxygen atoms in total. The van der Waals surface area contributed by atoms with Crippen LogP contribution in [0.3, 0.4) is 0 Å². The topological polar surface area (TPSA) is 182 Å².